The zero-order valence-corrected chi connectivity index (χ0v) is 16.6. The molecule has 0 spiro atoms. The van der Waals surface area contributed by atoms with Crippen LogP contribution in [0.1, 0.15) is 0 Å². The molecule has 0 saturated carbocycles. The fraction of sp³-hybridized carbons (Fsp3) is 0. The van der Waals surface area contributed by atoms with Gasteiger partial charge >= 0.3 is 0 Å². The molecule has 0 saturated heterocycles. The van der Waals surface area contributed by atoms with Crippen LogP contribution in [0.5, 0.6) is 0 Å². The van der Waals surface area contributed by atoms with E-state index in [2.05, 4.69) is 3.94 Å². The molecule has 0 heterocycles. The topological polar surface area (TPSA) is 23.8 Å². The van der Waals surface area contributed by atoms with Crippen LogP contribution in [-0.2, 0) is 131 Å². The van der Waals surface area contributed by atoms with Gasteiger partial charge in [-0.2, -0.15) is 0 Å². The van der Waals surface area contributed by atoms with E-state index in [1.807, 2.05) is 0 Å². The Morgan fingerprint density at radius 2 is 1.17 bits per heavy atom. The predicted molar refractivity (Wildman–Crippen MR) is 18.3 cm³/mol. The summed E-state index contributed by atoms with van der Waals surface area (Å²) in [6.45, 7) is 0. The third kappa shape index (κ3) is 23.0. The molecule has 6 heteroatoms. The Hall–Kier alpha value is 5.11. The molecule has 26 valence electrons. The van der Waals surface area contributed by atoms with E-state index in [1.165, 1.54) is 0 Å². The van der Waals surface area contributed by atoms with Crippen molar-refractivity contribution in [3.8, 4) is 0 Å². The molecule has 0 aliphatic heterocycles. The summed E-state index contributed by atoms with van der Waals surface area (Å²) in [5, 5.41) is 0. The molecular weight excluding hydrogens is 497 g/mol. The van der Waals surface area contributed by atoms with Gasteiger partial charge in [-0.25, -0.2) is 22.9 Å². The predicted octanol–water partition coefficient (Wildman–Crippen LogP) is 1.38. The summed E-state index contributed by atoms with van der Waals surface area (Å²) in [6.07, 6.45) is 0. The summed E-state index contributed by atoms with van der Waals surface area (Å²) in [6, 6.07) is 0. The Balaban J connectivity index is -0.00000000333. The molecule has 0 aliphatic carbocycles. The van der Waals surface area contributed by atoms with Gasteiger partial charge in [-0.1, -0.05) is 0 Å². The van der Waals surface area contributed by atoms with Crippen LogP contribution in [0.4, 0.5) is 0 Å². The van der Waals surface area contributed by atoms with Gasteiger partial charge in [0.05, 0.1) is 0 Å². The van der Waals surface area contributed by atoms with Crippen molar-refractivity contribution in [1.29, 1.82) is 0 Å². The van der Waals surface area contributed by atoms with E-state index in [-0.39, 0.29) is 131 Å². The first-order chi connectivity index (χ1) is 1.41. The van der Waals surface area contributed by atoms with Crippen LogP contribution in [0, 0.1) is 0 Å². The third-order valence-electron chi connectivity index (χ3n) is 0. The van der Waals surface area contributed by atoms with Gasteiger partial charge in [-0.3, -0.25) is 0 Å². The average molecular weight is 500 g/mol. The maximum absolute atomic E-state index is 5.82. The van der Waals surface area contributed by atoms with E-state index in [1.54, 1.807) is 22.9 Å². The summed E-state index contributed by atoms with van der Waals surface area (Å²) in [7, 11) is 0. The first-order valence-corrected chi connectivity index (χ1v) is 1.13. The van der Waals surface area contributed by atoms with E-state index < -0.39 is 0 Å². The molecule has 0 aromatic rings. The largest absolute Gasteiger partial charge is 0.616 e. The molecule has 0 unspecified atom stereocenters. The maximum Gasteiger partial charge on any atom is 0 e. The monoisotopic (exact) mass is 500 g/mol. The summed E-state index contributed by atoms with van der Waals surface area (Å²) < 4.78 is 8.54. The smallest absolute Gasteiger partial charge is 0 e. The SMILES string of the molecule is [3H][N-]I.[Y].[Y].[Y].[Y]. The summed E-state index contributed by atoms with van der Waals surface area (Å²) in [4.78, 5) is 0. The Bertz CT molecular complexity index is 11.7. The van der Waals surface area contributed by atoms with Crippen molar-refractivity contribution in [2.45, 2.75) is 0 Å². The Morgan fingerprint density at radius 1 is 1.17 bits per heavy atom. The fourth-order valence-electron chi connectivity index (χ4n) is 0. The van der Waals surface area contributed by atoms with Crippen molar-refractivity contribution in [2.24, 2.45) is 0 Å². The van der Waals surface area contributed by atoms with Gasteiger partial charge in [0.2, 0.25) is 0 Å². The molecule has 0 rings (SSSR count). The third-order valence-corrected chi connectivity index (χ3v) is 0. The molecule has 6 heavy (non-hydrogen) atoms. The molecule has 0 fully saturated rings. The summed E-state index contributed by atoms with van der Waals surface area (Å²) in [5.74, 6) is 0. The second-order valence-electron chi connectivity index (χ2n) is 0. The van der Waals surface area contributed by atoms with Crippen LogP contribution in [0.25, 0.3) is 3.94 Å². The van der Waals surface area contributed by atoms with Gasteiger partial charge < -0.3 is 3.94 Å². The standard InChI is InChI=1S/HIN.4Y/c1-2;;;;/h2H;;;;/q-1;;;;/i/hT. The van der Waals surface area contributed by atoms with Gasteiger partial charge in [0.25, 0.3) is 0 Å². The molecular formula is HINY4-. The van der Waals surface area contributed by atoms with Crippen molar-refractivity contribution < 1.29 is 132 Å². The Kier molecular flexibility index (Phi) is 120. The van der Waals surface area contributed by atoms with Crippen LogP contribution >= 0.6 is 22.9 Å². The van der Waals surface area contributed by atoms with Crippen LogP contribution in [-0.4, -0.2) is 0 Å². The van der Waals surface area contributed by atoms with Crippen LogP contribution in [0.15, 0.2) is 0 Å². The minimum atomic E-state index is 0. The first kappa shape index (κ1) is 22.5. The van der Waals surface area contributed by atoms with Crippen molar-refractivity contribution in [1.82, 2.24) is 0 Å². The number of halogens is 1. The molecule has 0 atom stereocenters. The van der Waals surface area contributed by atoms with Crippen molar-refractivity contribution >= 4 is 22.9 Å². The first-order valence-electron chi connectivity index (χ1n) is 0.616. The second-order valence-corrected chi connectivity index (χ2v) is 0. The number of rotatable bonds is 0. The van der Waals surface area contributed by atoms with E-state index in [0.717, 1.165) is 0 Å². The number of hydrogen-bond acceptors (Lipinski definition) is 0. The number of hydrogen-bond donors (Lipinski definition) is 0. The molecule has 4 radical (unpaired) electrons. The minimum Gasteiger partial charge on any atom is -0.616 e. The molecule has 1 nitrogen and oxygen atoms in total. The molecule has 0 aliphatic rings. The molecule has 0 bridgehead atoms. The maximum atomic E-state index is 5.82. The molecule has 0 aromatic heterocycles. The zero-order valence-electron chi connectivity index (χ0n) is 4.13. The molecule has 0 aromatic carbocycles. The normalized spacial score (nSPS) is 3.17. The van der Waals surface area contributed by atoms with Crippen LogP contribution in [0.2, 0.25) is 1.41 Å². The molecule has 1 N–H and O–H groups in total. The van der Waals surface area contributed by atoms with E-state index in [0.29, 0.717) is 0 Å². The fourth-order valence-corrected chi connectivity index (χ4v) is 0. The second kappa shape index (κ2) is 32.1. The Morgan fingerprint density at radius 3 is 1.17 bits per heavy atom. The van der Waals surface area contributed by atoms with E-state index >= 15 is 0 Å². The quantitative estimate of drug-likeness (QED) is 0.450. The van der Waals surface area contributed by atoms with Gasteiger partial charge in [0.15, 0.2) is 0 Å². The van der Waals surface area contributed by atoms with E-state index in [9.17, 15) is 0 Å². The van der Waals surface area contributed by atoms with Crippen LogP contribution < -0.4 is 0 Å². The van der Waals surface area contributed by atoms with Gasteiger partial charge in [-0.15, -0.1) is 1.41 Å². The Labute approximate surface area is 154 Å². The van der Waals surface area contributed by atoms with Crippen LogP contribution in [0.3, 0.4) is 0 Å². The van der Waals surface area contributed by atoms with E-state index in [4.69, 9.17) is 1.41 Å². The summed E-state index contributed by atoms with van der Waals surface area (Å²) >= 11 is 1.58. The summed E-state index contributed by atoms with van der Waals surface area (Å²) in [5.41, 5.74) is 0. The van der Waals surface area contributed by atoms with Gasteiger partial charge in [0.1, 0.15) is 0 Å². The average Bonchev–Trinajstić information content (AvgIpc) is 0.918. The van der Waals surface area contributed by atoms with Crippen molar-refractivity contribution in [3.63, 3.8) is 0 Å². The zero-order chi connectivity index (χ0) is 2.71. The van der Waals surface area contributed by atoms with Crippen molar-refractivity contribution in [2.75, 3.05) is 0 Å². The van der Waals surface area contributed by atoms with Crippen molar-refractivity contribution in [3.05, 3.63) is 3.94 Å². The molecule has 0 amide bonds. The van der Waals surface area contributed by atoms with Gasteiger partial charge in [0, 0.05) is 131 Å². The van der Waals surface area contributed by atoms with Gasteiger partial charge in [-0.05, 0) is 0 Å². The minimum absolute atomic E-state index is 0. The number of nitrogens with one attached hydrogen (secondary N) is 1.